The first-order chi connectivity index (χ1) is 14.3. The molecule has 1 aliphatic rings. The lowest BCUT2D eigenvalue weighted by Gasteiger charge is -2.17. The molecule has 1 heterocycles. The second-order valence-corrected chi connectivity index (χ2v) is 9.10. The maximum absolute atomic E-state index is 12.9. The van der Waals surface area contributed by atoms with Gasteiger partial charge in [0.25, 0.3) is 11.8 Å². The molecule has 1 aliphatic heterocycles. The predicted octanol–water partition coefficient (Wildman–Crippen LogP) is 3.29. The number of rotatable bonds is 7. The highest BCUT2D eigenvalue weighted by Gasteiger charge is 2.28. The number of sulfonamides is 1. The van der Waals surface area contributed by atoms with E-state index in [1.165, 1.54) is 22.5 Å². The van der Waals surface area contributed by atoms with E-state index in [9.17, 15) is 18.0 Å². The van der Waals surface area contributed by atoms with Crippen molar-refractivity contribution in [3.8, 4) is 0 Å². The maximum atomic E-state index is 12.9. The van der Waals surface area contributed by atoms with Crippen molar-refractivity contribution in [2.45, 2.75) is 17.7 Å². The Kier molecular flexibility index (Phi) is 6.91. The second-order valence-electron chi connectivity index (χ2n) is 6.75. The van der Waals surface area contributed by atoms with Gasteiger partial charge in [-0.3, -0.25) is 9.59 Å². The number of benzene rings is 2. The summed E-state index contributed by atoms with van der Waals surface area (Å²) in [7, 11) is -3.70. The van der Waals surface area contributed by atoms with Gasteiger partial charge in [-0.1, -0.05) is 29.8 Å². The number of hydrogen-bond acceptors (Lipinski definition) is 4. The summed E-state index contributed by atoms with van der Waals surface area (Å²) < 4.78 is 27.0. The fraction of sp³-hybridized carbons (Fsp3) is 0.238. The number of carbonyl (C=O) groups is 2. The molecule has 0 radical (unpaired) electrons. The van der Waals surface area contributed by atoms with Crippen molar-refractivity contribution in [1.82, 2.24) is 9.62 Å². The molecule has 158 valence electrons. The van der Waals surface area contributed by atoms with E-state index in [-0.39, 0.29) is 39.2 Å². The number of carbonyl (C=O) groups excluding carboxylic acids is 2. The molecule has 9 heteroatoms. The zero-order chi connectivity index (χ0) is 21.7. The van der Waals surface area contributed by atoms with Crippen LogP contribution in [0.15, 0.2) is 60.0 Å². The number of hydrogen-bond donors (Lipinski definition) is 2. The van der Waals surface area contributed by atoms with Gasteiger partial charge in [0.15, 0.2) is 0 Å². The lowest BCUT2D eigenvalue weighted by atomic mass is 10.1. The summed E-state index contributed by atoms with van der Waals surface area (Å²) in [6.45, 7) is 4.75. The van der Waals surface area contributed by atoms with Crippen LogP contribution in [-0.4, -0.2) is 44.2 Å². The number of nitrogens with zero attached hydrogens (tertiary/aromatic N) is 1. The van der Waals surface area contributed by atoms with Gasteiger partial charge in [-0.05, 0) is 43.2 Å². The average molecular weight is 448 g/mol. The monoisotopic (exact) mass is 447 g/mol. The summed E-state index contributed by atoms with van der Waals surface area (Å²) in [5, 5.41) is 5.42. The van der Waals surface area contributed by atoms with E-state index in [2.05, 4.69) is 17.2 Å². The number of nitrogens with one attached hydrogen (secondary N) is 2. The van der Waals surface area contributed by atoms with Crippen LogP contribution in [0.2, 0.25) is 5.02 Å². The zero-order valence-corrected chi connectivity index (χ0v) is 17.8. The van der Waals surface area contributed by atoms with E-state index in [0.29, 0.717) is 13.1 Å². The molecule has 0 unspecified atom stereocenters. The van der Waals surface area contributed by atoms with E-state index in [1.807, 2.05) is 0 Å². The highest BCUT2D eigenvalue weighted by Crippen LogP contribution is 2.26. The summed E-state index contributed by atoms with van der Waals surface area (Å²) in [5.41, 5.74) is 0.566. The highest BCUT2D eigenvalue weighted by molar-refractivity contribution is 7.89. The second kappa shape index (κ2) is 9.42. The Labute approximate surface area is 180 Å². The molecule has 0 aromatic heterocycles. The third-order valence-electron chi connectivity index (χ3n) is 4.71. The minimum Gasteiger partial charge on any atom is -0.349 e. The van der Waals surface area contributed by atoms with Crippen LogP contribution < -0.4 is 10.6 Å². The Morgan fingerprint density at radius 2 is 1.77 bits per heavy atom. The van der Waals surface area contributed by atoms with Crippen molar-refractivity contribution in [3.63, 3.8) is 0 Å². The molecule has 3 rings (SSSR count). The van der Waals surface area contributed by atoms with E-state index in [4.69, 9.17) is 11.6 Å². The summed E-state index contributed by atoms with van der Waals surface area (Å²) in [6.07, 6.45) is 3.17. The molecule has 7 nitrogen and oxygen atoms in total. The number of anilines is 1. The minimum atomic E-state index is -3.70. The molecule has 0 saturated carbocycles. The SMILES string of the molecule is C=CCNC(=O)c1ccccc1NC(=O)c1cc(S(=O)(=O)N2CCCC2)ccc1Cl. The largest absolute Gasteiger partial charge is 0.349 e. The van der Waals surface area contributed by atoms with E-state index < -0.39 is 15.9 Å². The molecule has 30 heavy (non-hydrogen) atoms. The Bertz CT molecular complexity index is 1080. The molecule has 2 aromatic rings. The summed E-state index contributed by atoms with van der Waals surface area (Å²) >= 11 is 6.18. The first-order valence-corrected chi connectivity index (χ1v) is 11.3. The molecule has 1 saturated heterocycles. The molecule has 0 aliphatic carbocycles. The van der Waals surface area contributed by atoms with Gasteiger partial charge in [0.05, 0.1) is 26.7 Å². The lowest BCUT2D eigenvalue weighted by Crippen LogP contribution is -2.28. The normalized spacial score (nSPS) is 14.3. The smallest absolute Gasteiger partial charge is 0.257 e. The van der Waals surface area contributed by atoms with E-state index >= 15 is 0 Å². The van der Waals surface area contributed by atoms with Crippen LogP contribution >= 0.6 is 11.6 Å². The van der Waals surface area contributed by atoms with Crippen LogP contribution in [0.1, 0.15) is 33.6 Å². The van der Waals surface area contributed by atoms with Gasteiger partial charge in [0.2, 0.25) is 10.0 Å². The highest BCUT2D eigenvalue weighted by atomic mass is 35.5. The summed E-state index contributed by atoms with van der Waals surface area (Å²) in [5.74, 6) is -0.982. The summed E-state index contributed by atoms with van der Waals surface area (Å²) in [4.78, 5) is 25.2. The Hall–Kier alpha value is -2.68. The Morgan fingerprint density at radius 1 is 1.07 bits per heavy atom. The molecule has 0 atom stereocenters. The number of para-hydroxylation sites is 1. The molecule has 1 fully saturated rings. The maximum Gasteiger partial charge on any atom is 0.257 e. The standard InChI is InChI=1S/C21H22ClN3O4S/c1-2-11-23-20(26)16-7-3-4-8-19(16)24-21(27)17-14-15(9-10-18(17)22)30(28,29)25-12-5-6-13-25/h2-4,7-10,14H,1,5-6,11-13H2,(H,23,26)(H,24,27). The molecule has 0 spiro atoms. The minimum absolute atomic E-state index is 0.0101. The molecule has 2 amide bonds. The van der Waals surface area contributed by atoms with Crippen LogP contribution in [0, 0.1) is 0 Å². The third kappa shape index (κ3) is 4.72. The van der Waals surface area contributed by atoms with Crippen LogP contribution in [0.5, 0.6) is 0 Å². The van der Waals surface area contributed by atoms with Gasteiger partial charge in [0.1, 0.15) is 0 Å². The molecular formula is C21H22ClN3O4S. The van der Waals surface area contributed by atoms with Crippen LogP contribution in [-0.2, 0) is 10.0 Å². The fourth-order valence-corrected chi connectivity index (χ4v) is 4.90. The third-order valence-corrected chi connectivity index (χ3v) is 6.94. The van der Waals surface area contributed by atoms with Gasteiger partial charge in [-0.2, -0.15) is 4.31 Å². The van der Waals surface area contributed by atoms with Gasteiger partial charge in [-0.15, -0.1) is 6.58 Å². The topological polar surface area (TPSA) is 95.6 Å². The quantitative estimate of drug-likeness (QED) is 0.636. The van der Waals surface area contributed by atoms with E-state index in [0.717, 1.165) is 12.8 Å². The number of halogens is 1. The average Bonchev–Trinajstić information content (AvgIpc) is 3.28. The van der Waals surface area contributed by atoms with Crippen molar-refractivity contribution in [3.05, 3.63) is 71.3 Å². The first-order valence-electron chi connectivity index (χ1n) is 9.44. The van der Waals surface area contributed by atoms with Crippen molar-refractivity contribution >= 4 is 39.1 Å². The lowest BCUT2D eigenvalue weighted by molar-refractivity contribution is 0.0959. The van der Waals surface area contributed by atoms with Crippen LogP contribution in [0.4, 0.5) is 5.69 Å². The van der Waals surface area contributed by atoms with Gasteiger partial charge < -0.3 is 10.6 Å². The van der Waals surface area contributed by atoms with Crippen LogP contribution in [0.25, 0.3) is 0 Å². The zero-order valence-electron chi connectivity index (χ0n) is 16.2. The molecule has 0 bridgehead atoms. The molecule has 2 aromatic carbocycles. The Balaban J connectivity index is 1.88. The van der Waals surface area contributed by atoms with Crippen LogP contribution in [0.3, 0.4) is 0 Å². The van der Waals surface area contributed by atoms with Crippen molar-refractivity contribution < 1.29 is 18.0 Å². The van der Waals surface area contributed by atoms with Gasteiger partial charge in [-0.25, -0.2) is 8.42 Å². The predicted molar refractivity (Wildman–Crippen MR) is 116 cm³/mol. The van der Waals surface area contributed by atoms with Gasteiger partial charge in [0, 0.05) is 19.6 Å². The molecule has 2 N–H and O–H groups in total. The number of amides is 2. The Morgan fingerprint density at radius 3 is 2.47 bits per heavy atom. The van der Waals surface area contributed by atoms with Crippen molar-refractivity contribution in [1.29, 1.82) is 0 Å². The van der Waals surface area contributed by atoms with Crippen molar-refractivity contribution in [2.24, 2.45) is 0 Å². The fourth-order valence-electron chi connectivity index (χ4n) is 3.16. The van der Waals surface area contributed by atoms with Gasteiger partial charge >= 0.3 is 0 Å². The first kappa shape index (κ1) is 22.0. The summed E-state index contributed by atoms with van der Waals surface area (Å²) in [6, 6.07) is 10.6. The van der Waals surface area contributed by atoms with Crippen molar-refractivity contribution in [2.75, 3.05) is 25.0 Å². The van der Waals surface area contributed by atoms with E-state index in [1.54, 1.807) is 30.3 Å². The molecular weight excluding hydrogens is 426 g/mol.